The molecule has 1 unspecified atom stereocenters. The van der Waals surface area contributed by atoms with Crippen molar-refractivity contribution >= 4 is 11.8 Å². The van der Waals surface area contributed by atoms with E-state index in [0.717, 1.165) is 5.75 Å². The summed E-state index contributed by atoms with van der Waals surface area (Å²) < 4.78 is 0. The average molecular weight is 143 g/mol. The predicted molar refractivity (Wildman–Crippen MR) is 43.7 cm³/mol. The third-order valence-corrected chi connectivity index (χ3v) is 2.48. The molecule has 0 aromatic heterocycles. The fraction of sp³-hybridized carbons (Fsp3) is 0.714. The van der Waals surface area contributed by atoms with Crippen LogP contribution in [0.5, 0.6) is 0 Å². The molecule has 1 rings (SSSR count). The Balaban J connectivity index is 2.46. The van der Waals surface area contributed by atoms with Gasteiger partial charge in [0.25, 0.3) is 0 Å². The molecule has 1 nitrogen and oxygen atoms in total. The first kappa shape index (κ1) is 7.16. The highest BCUT2D eigenvalue weighted by atomic mass is 32.2. The molecule has 52 valence electrons. The minimum Gasteiger partial charge on any atom is -0.324 e. The van der Waals surface area contributed by atoms with Crippen LogP contribution in [0.4, 0.5) is 0 Å². The van der Waals surface area contributed by atoms with Crippen LogP contribution in [0.1, 0.15) is 13.3 Å². The summed E-state index contributed by atoms with van der Waals surface area (Å²) >= 11 is 1.98. The second kappa shape index (κ2) is 3.28. The summed E-state index contributed by atoms with van der Waals surface area (Å²) in [6, 6.07) is 0.283. The molecule has 0 amide bonds. The summed E-state index contributed by atoms with van der Waals surface area (Å²) in [5, 5.41) is 0. The van der Waals surface area contributed by atoms with E-state index in [1.807, 2.05) is 11.8 Å². The Labute approximate surface area is 60.7 Å². The van der Waals surface area contributed by atoms with E-state index in [9.17, 15) is 0 Å². The smallest absolute Gasteiger partial charge is 0.0225 e. The zero-order valence-corrected chi connectivity index (χ0v) is 6.58. The molecule has 0 saturated heterocycles. The minimum atomic E-state index is 0.283. The van der Waals surface area contributed by atoms with Crippen molar-refractivity contribution in [2.24, 2.45) is 5.73 Å². The molecule has 2 N–H and O–H groups in total. The van der Waals surface area contributed by atoms with Crippen molar-refractivity contribution in [3.8, 4) is 0 Å². The summed E-state index contributed by atoms with van der Waals surface area (Å²) in [5.41, 5.74) is 7.13. The third kappa shape index (κ3) is 2.03. The SMILES string of the molecule is CC(N)C1=CCSCC1. The third-order valence-electron chi connectivity index (χ3n) is 1.58. The topological polar surface area (TPSA) is 26.0 Å². The van der Waals surface area contributed by atoms with E-state index < -0.39 is 0 Å². The first-order valence-corrected chi connectivity index (χ1v) is 4.48. The minimum absolute atomic E-state index is 0.283. The fourth-order valence-electron chi connectivity index (χ4n) is 0.955. The Kier molecular flexibility index (Phi) is 2.61. The van der Waals surface area contributed by atoms with Gasteiger partial charge in [0.2, 0.25) is 0 Å². The molecule has 0 aliphatic carbocycles. The van der Waals surface area contributed by atoms with Crippen LogP contribution in [0.15, 0.2) is 11.6 Å². The number of hydrogen-bond donors (Lipinski definition) is 1. The molecule has 1 heterocycles. The Bertz CT molecular complexity index is 118. The standard InChI is InChI=1S/C7H13NS/c1-6(8)7-2-4-9-5-3-7/h2,6H,3-5,8H2,1H3. The molecule has 1 aliphatic rings. The number of rotatable bonds is 1. The van der Waals surface area contributed by atoms with Gasteiger partial charge in [-0.05, 0) is 19.1 Å². The van der Waals surface area contributed by atoms with Gasteiger partial charge in [-0.25, -0.2) is 0 Å². The second-order valence-electron chi connectivity index (χ2n) is 2.39. The first-order valence-electron chi connectivity index (χ1n) is 3.33. The van der Waals surface area contributed by atoms with Crippen molar-refractivity contribution in [1.82, 2.24) is 0 Å². The summed E-state index contributed by atoms with van der Waals surface area (Å²) in [5.74, 6) is 2.42. The van der Waals surface area contributed by atoms with Crippen LogP contribution in [0.3, 0.4) is 0 Å². The highest BCUT2D eigenvalue weighted by Gasteiger charge is 2.06. The van der Waals surface area contributed by atoms with E-state index in [1.54, 1.807) is 0 Å². The van der Waals surface area contributed by atoms with Crippen LogP contribution < -0.4 is 5.73 Å². The van der Waals surface area contributed by atoms with E-state index in [2.05, 4.69) is 13.0 Å². The fourth-order valence-corrected chi connectivity index (χ4v) is 1.83. The van der Waals surface area contributed by atoms with E-state index >= 15 is 0 Å². The predicted octanol–water partition coefficient (Wildman–Crippen LogP) is 1.40. The zero-order chi connectivity index (χ0) is 6.69. The van der Waals surface area contributed by atoms with Gasteiger partial charge in [0, 0.05) is 11.8 Å². The van der Waals surface area contributed by atoms with Gasteiger partial charge in [0.1, 0.15) is 0 Å². The van der Waals surface area contributed by atoms with Crippen molar-refractivity contribution in [3.05, 3.63) is 11.6 Å². The molecule has 1 aliphatic heterocycles. The maximum absolute atomic E-state index is 5.69. The van der Waals surface area contributed by atoms with Crippen LogP contribution in [0.25, 0.3) is 0 Å². The normalized spacial score (nSPS) is 23.1. The Morgan fingerprint density at radius 1 is 1.78 bits per heavy atom. The Morgan fingerprint density at radius 2 is 2.56 bits per heavy atom. The monoisotopic (exact) mass is 143 g/mol. The molecule has 2 heteroatoms. The lowest BCUT2D eigenvalue weighted by Gasteiger charge is -2.14. The van der Waals surface area contributed by atoms with Crippen molar-refractivity contribution in [1.29, 1.82) is 0 Å². The summed E-state index contributed by atoms with van der Waals surface area (Å²) in [4.78, 5) is 0. The van der Waals surface area contributed by atoms with Gasteiger partial charge in [-0.15, -0.1) is 0 Å². The van der Waals surface area contributed by atoms with Gasteiger partial charge in [-0.3, -0.25) is 0 Å². The lowest BCUT2D eigenvalue weighted by Crippen LogP contribution is -2.20. The van der Waals surface area contributed by atoms with Crippen LogP contribution >= 0.6 is 11.8 Å². The van der Waals surface area contributed by atoms with Crippen LogP contribution in [0.2, 0.25) is 0 Å². The van der Waals surface area contributed by atoms with Gasteiger partial charge < -0.3 is 5.73 Å². The van der Waals surface area contributed by atoms with Crippen molar-refractivity contribution in [2.75, 3.05) is 11.5 Å². The molecule has 0 radical (unpaired) electrons. The molecule has 0 aromatic rings. The molecule has 0 fully saturated rings. The molecule has 0 saturated carbocycles. The largest absolute Gasteiger partial charge is 0.324 e. The van der Waals surface area contributed by atoms with Crippen LogP contribution in [-0.2, 0) is 0 Å². The quantitative estimate of drug-likeness (QED) is 0.561. The van der Waals surface area contributed by atoms with E-state index in [-0.39, 0.29) is 6.04 Å². The summed E-state index contributed by atoms with van der Waals surface area (Å²) in [7, 11) is 0. The average Bonchev–Trinajstić information content (AvgIpc) is 1.90. The maximum atomic E-state index is 5.69. The molecular weight excluding hydrogens is 130 g/mol. The highest BCUT2D eigenvalue weighted by molar-refractivity contribution is 7.99. The molecule has 0 bridgehead atoms. The summed E-state index contributed by atoms with van der Waals surface area (Å²) in [6.45, 7) is 2.06. The van der Waals surface area contributed by atoms with Gasteiger partial charge in [0.05, 0.1) is 0 Å². The number of hydrogen-bond acceptors (Lipinski definition) is 2. The van der Waals surface area contributed by atoms with Gasteiger partial charge >= 0.3 is 0 Å². The van der Waals surface area contributed by atoms with Crippen molar-refractivity contribution in [3.63, 3.8) is 0 Å². The molecule has 0 aromatic carbocycles. The van der Waals surface area contributed by atoms with Crippen LogP contribution in [-0.4, -0.2) is 17.5 Å². The Morgan fingerprint density at radius 3 is 2.89 bits per heavy atom. The van der Waals surface area contributed by atoms with Gasteiger partial charge in [-0.2, -0.15) is 11.8 Å². The molecule has 9 heavy (non-hydrogen) atoms. The van der Waals surface area contributed by atoms with Crippen LogP contribution in [0, 0.1) is 0 Å². The van der Waals surface area contributed by atoms with Crippen molar-refractivity contribution in [2.45, 2.75) is 19.4 Å². The summed E-state index contributed by atoms with van der Waals surface area (Å²) in [6.07, 6.45) is 3.46. The number of nitrogens with two attached hydrogens (primary N) is 1. The van der Waals surface area contributed by atoms with E-state index in [0.29, 0.717) is 0 Å². The zero-order valence-electron chi connectivity index (χ0n) is 5.76. The first-order chi connectivity index (χ1) is 4.30. The second-order valence-corrected chi connectivity index (χ2v) is 3.54. The Hall–Kier alpha value is 0.0500. The maximum Gasteiger partial charge on any atom is 0.0225 e. The molecule has 1 atom stereocenters. The van der Waals surface area contributed by atoms with E-state index in [4.69, 9.17) is 5.73 Å². The number of thioether (sulfide) groups is 1. The molecule has 0 spiro atoms. The molecular formula is C7H13NS. The van der Waals surface area contributed by atoms with Gasteiger partial charge in [-0.1, -0.05) is 11.6 Å². The van der Waals surface area contributed by atoms with Gasteiger partial charge in [0.15, 0.2) is 0 Å². The lowest BCUT2D eigenvalue weighted by atomic mass is 10.1. The van der Waals surface area contributed by atoms with E-state index in [1.165, 1.54) is 17.7 Å². The van der Waals surface area contributed by atoms with Crippen molar-refractivity contribution < 1.29 is 0 Å². The highest BCUT2D eigenvalue weighted by Crippen LogP contribution is 2.18. The lowest BCUT2D eigenvalue weighted by molar-refractivity contribution is 0.811.